The van der Waals surface area contributed by atoms with E-state index in [9.17, 15) is 15.0 Å². The van der Waals surface area contributed by atoms with Crippen molar-refractivity contribution in [2.45, 2.75) is 19.1 Å². The van der Waals surface area contributed by atoms with Gasteiger partial charge in [0.1, 0.15) is 23.7 Å². The van der Waals surface area contributed by atoms with Gasteiger partial charge in [-0.25, -0.2) is 9.97 Å². The Balaban J connectivity index is 2.66. The normalized spacial score (nSPS) is 14.2. The third kappa shape index (κ3) is 3.41. The van der Waals surface area contributed by atoms with E-state index in [1.54, 1.807) is 0 Å². The number of nitrogens with one attached hydrogen (secondary N) is 1. The molecular weight excluding hydrogens is 234 g/mol. The molecule has 0 aliphatic heterocycles. The highest BCUT2D eigenvalue weighted by atomic mass is 35.5. The summed E-state index contributed by atoms with van der Waals surface area (Å²) in [5.74, 6) is -0.290. The van der Waals surface area contributed by atoms with Crippen LogP contribution in [-0.2, 0) is 4.79 Å². The molecule has 0 fully saturated rings. The van der Waals surface area contributed by atoms with Gasteiger partial charge in [0.25, 0.3) is 0 Å². The molecule has 0 saturated carbocycles. The summed E-state index contributed by atoms with van der Waals surface area (Å²) in [6.45, 7) is 1.25. The number of carbonyl (C=O) groups is 1. The Morgan fingerprint density at radius 1 is 1.62 bits per heavy atom. The zero-order valence-corrected chi connectivity index (χ0v) is 9.35. The van der Waals surface area contributed by atoms with E-state index in [4.69, 9.17) is 11.6 Å². The summed E-state index contributed by atoms with van der Waals surface area (Å²) in [5, 5.41) is 21.7. The number of rotatable bonds is 4. The lowest BCUT2D eigenvalue weighted by molar-refractivity contribution is -0.119. The van der Waals surface area contributed by atoms with Crippen LogP contribution < -0.4 is 5.32 Å². The van der Waals surface area contributed by atoms with Gasteiger partial charge in [-0.15, -0.1) is 0 Å². The Morgan fingerprint density at radius 3 is 2.88 bits per heavy atom. The van der Waals surface area contributed by atoms with Crippen molar-refractivity contribution in [1.82, 2.24) is 15.3 Å². The van der Waals surface area contributed by atoms with Gasteiger partial charge < -0.3 is 15.5 Å². The minimum Gasteiger partial charge on any atom is -0.388 e. The topological polar surface area (TPSA) is 95.3 Å². The monoisotopic (exact) mass is 245 g/mol. The van der Waals surface area contributed by atoms with Crippen LogP contribution in [0.1, 0.15) is 18.6 Å². The van der Waals surface area contributed by atoms with Crippen molar-refractivity contribution in [2.24, 2.45) is 0 Å². The Morgan fingerprint density at radius 2 is 2.31 bits per heavy atom. The smallest absolute Gasteiger partial charge is 0.216 e. The van der Waals surface area contributed by atoms with Crippen molar-refractivity contribution in [3.8, 4) is 0 Å². The van der Waals surface area contributed by atoms with Crippen LogP contribution in [0.2, 0.25) is 5.15 Å². The number of hydrogen-bond acceptors (Lipinski definition) is 5. The van der Waals surface area contributed by atoms with Crippen molar-refractivity contribution in [2.75, 3.05) is 6.54 Å². The van der Waals surface area contributed by atoms with E-state index in [1.165, 1.54) is 19.4 Å². The molecular formula is C9H12ClN3O3. The summed E-state index contributed by atoms with van der Waals surface area (Å²) >= 11 is 5.72. The van der Waals surface area contributed by atoms with Gasteiger partial charge in [-0.2, -0.15) is 0 Å². The first kappa shape index (κ1) is 12.8. The molecule has 3 N–H and O–H groups in total. The van der Waals surface area contributed by atoms with Crippen molar-refractivity contribution >= 4 is 17.5 Å². The second kappa shape index (κ2) is 5.74. The lowest BCUT2D eigenvalue weighted by Crippen LogP contribution is -2.34. The summed E-state index contributed by atoms with van der Waals surface area (Å²) in [4.78, 5) is 18.0. The minimum atomic E-state index is -1.24. The Kier molecular flexibility index (Phi) is 4.60. The Labute approximate surface area is 97.3 Å². The predicted molar refractivity (Wildman–Crippen MR) is 56.7 cm³/mol. The van der Waals surface area contributed by atoms with Gasteiger partial charge in [0.2, 0.25) is 5.91 Å². The van der Waals surface area contributed by atoms with E-state index in [-0.39, 0.29) is 23.2 Å². The van der Waals surface area contributed by atoms with E-state index in [1.807, 2.05) is 0 Å². The quantitative estimate of drug-likeness (QED) is 0.631. The molecule has 0 saturated heterocycles. The maximum Gasteiger partial charge on any atom is 0.216 e. The van der Waals surface area contributed by atoms with Gasteiger partial charge >= 0.3 is 0 Å². The molecule has 0 bridgehead atoms. The molecule has 1 amide bonds. The van der Waals surface area contributed by atoms with Crippen molar-refractivity contribution < 1.29 is 15.0 Å². The van der Waals surface area contributed by atoms with Crippen molar-refractivity contribution in [1.29, 1.82) is 0 Å². The molecule has 0 aliphatic rings. The van der Waals surface area contributed by atoms with Crippen LogP contribution in [0.25, 0.3) is 0 Å². The molecule has 0 spiro atoms. The minimum absolute atomic E-state index is 0.0677. The molecule has 1 heterocycles. The average molecular weight is 246 g/mol. The Bertz CT molecular complexity index is 375. The highest BCUT2D eigenvalue weighted by Gasteiger charge is 2.21. The summed E-state index contributed by atoms with van der Waals surface area (Å²) in [5.41, 5.74) is 0.224. The third-order valence-electron chi connectivity index (χ3n) is 1.93. The second-order valence-corrected chi connectivity index (χ2v) is 3.58. The fraction of sp³-hybridized carbons (Fsp3) is 0.444. The summed E-state index contributed by atoms with van der Waals surface area (Å²) in [6, 6.07) is 0. The lowest BCUT2D eigenvalue weighted by Gasteiger charge is -2.18. The van der Waals surface area contributed by atoms with Crippen LogP contribution in [-0.4, -0.2) is 38.7 Å². The second-order valence-electron chi connectivity index (χ2n) is 3.22. The van der Waals surface area contributed by atoms with Gasteiger partial charge in [-0.05, 0) is 0 Å². The number of aliphatic hydroxyl groups is 2. The SMILES string of the molecule is CC(=O)NCC(O)C(O)c1cncnc1Cl. The zero-order chi connectivity index (χ0) is 12.1. The van der Waals surface area contributed by atoms with Crippen molar-refractivity contribution in [3.05, 3.63) is 23.2 Å². The Hall–Kier alpha value is -1.24. The van der Waals surface area contributed by atoms with Crippen LogP contribution in [0.3, 0.4) is 0 Å². The maximum atomic E-state index is 10.6. The van der Waals surface area contributed by atoms with E-state index < -0.39 is 12.2 Å². The molecule has 1 aromatic rings. The van der Waals surface area contributed by atoms with Gasteiger partial charge in [0, 0.05) is 25.2 Å². The number of aromatic nitrogens is 2. The molecule has 6 nitrogen and oxygen atoms in total. The molecule has 16 heavy (non-hydrogen) atoms. The van der Waals surface area contributed by atoms with E-state index in [0.29, 0.717) is 0 Å². The zero-order valence-electron chi connectivity index (χ0n) is 8.59. The molecule has 1 aromatic heterocycles. The van der Waals surface area contributed by atoms with Gasteiger partial charge in [-0.3, -0.25) is 4.79 Å². The van der Waals surface area contributed by atoms with Gasteiger partial charge in [0.15, 0.2) is 0 Å². The maximum absolute atomic E-state index is 10.6. The van der Waals surface area contributed by atoms with Crippen LogP contribution in [0, 0.1) is 0 Å². The van der Waals surface area contributed by atoms with Gasteiger partial charge in [-0.1, -0.05) is 11.6 Å². The summed E-state index contributed by atoms with van der Waals surface area (Å²) in [7, 11) is 0. The van der Waals surface area contributed by atoms with Crippen LogP contribution in [0.5, 0.6) is 0 Å². The predicted octanol–water partition coefficient (Wildman–Crippen LogP) is -0.340. The van der Waals surface area contributed by atoms with E-state index >= 15 is 0 Å². The molecule has 0 radical (unpaired) electrons. The summed E-state index contributed by atoms with van der Waals surface area (Å²) < 4.78 is 0. The standard InChI is InChI=1S/C9H12ClN3O3/c1-5(14)12-3-7(15)8(16)6-2-11-4-13-9(6)10/h2,4,7-8,15-16H,3H2,1H3,(H,12,14). The molecule has 7 heteroatoms. The van der Waals surface area contributed by atoms with Crippen LogP contribution >= 0.6 is 11.6 Å². The first-order chi connectivity index (χ1) is 7.52. The van der Waals surface area contributed by atoms with E-state index in [0.717, 1.165) is 0 Å². The largest absolute Gasteiger partial charge is 0.388 e. The van der Waals surface area contributed by atoms with Gasteiger partial charge in [0.05, 0.1) is 0 Å². The van der Waals surface area contributed by atoms with Crippen molar-refractivity contribution in [3.63, 3.8) is 0 Å². The molecule has 0 aliphatic carbocycles. The van der Waals surface area contributed by atoms with Crippen LogP contribution in [0.4, 0.5) is 0 Å². The number of nitrogens with zero attached hydrogens (tertiary/aromatic N) is 2. The fourth-order valence-electron chi connectivity index (χ4n) is 1.09. The molecule has 1 rings (SSSR count). The highest BCUT2D eigenvalue weighted by molar-refractivity contribution is 6.30. The summed E-state index contributed by atoms with van der Waals surface area (Å²) in [6.07, 6.45) is 0.156. The number of carbonyl (C=O) groups excluding carboxylic acids is 1. The molecule has 88 valence electrons. The molecule has 0 aromatic carbocycles. The fourth-order valence-corrected chi connectivity index (χ4v) is 1.30. The first-order valence-corrected chi connectivity index (χ1v) is 4.96. The average Bonchev–Trinajstić information content (AvgIpc) is 2.25. The third-order valence-corrected chi connectivity index (χ3v) is 2.25. The number of halogens is 1. The highest BCUT2D eigenvalue weighted by Crippen LogP contribution is 2.21. The van der Waals surface area contributed by atoms with Crippen LogP contribution in [0.15, 0.2) is 12.5 Å². The first-order valence-electron chi connectivity index (χ1n) is 4.58. The lowest BCUT2D eigenvalue weighted by atomic mass is 10.1. The number of amides is 1. The molecule has 2 unspecified atom stereocenters. The molecule has 2 atom stereocenters. The number of hydrogen-bond donors (Lipinski definition) is 3. The number of aliphatic hydroxyl groups excluding tert-OH is 2. The van der Waals surface area contributed by atoms with E-state index in [2.05, 4.69) is 15.3 Å².